The first-order valence-corrected chi connectivity index (χ1v) is 9.53. The first-order chi connectivity index (χ1) is 13.2. The fourth-order valence-electron chi connectivity index (χ4n) is 2.47. The van der Waals surface area contributed by atoms with Crippen LogP contribution >= 0.6 is 0 Å². The van der Waals surface area contributed by atoms with Gasteiger partial charge in [-0.25, -0.2) is 4.99 Å². The Bertz CT molecular complexity index is 669. The minimum atomic E-state index is 0.610. The molecule has 0 spiro atoms. The zero-order valence-corrected chi connectivity index (χ0v) is 16.7. The molecule has 0 unspecified atom stereocenters. The highest BCUT2D eigenvalue weighted by atomic mass is 16.5. The van der Waals surface area contributed by atoms with Crippen molar-refractivity contribution in [2.45, 2.75) is 26.4 Å². The summed E-state index contributed by atoms with van der Waals surface area (Å²) in [6.07, 6.45) is 4.77. The van der Waals surface area contributed by atoms with Gasteiger partial charge in [0.15, 0.2) is 5.96 Å². The lowest BCUT2D eigenvalue weighted by Gasteiger charge is -2.12. The standard InChI is InChI=1S/C20H32N6O/c1-4-21-20(22-10-6-12-26-13-7-11-24-26)23-17-18-8-5-9-19(16-18)27-15-14-25(2)3/h5,7-9,11,13,16H,4,6,10,12,14-15,17H2,1-3H3,(H2,21,22,23). The van der Waals surface area contributed by atoms with E-state index in [1.165, 1.54) is 0 Å². The Morgan fingerprint density at radius 2 is 2.15 bits per heavy atom. The van der Waals surface area contributed by atoms with Gasteiger partial charge in [0.1, 0.15) is 12.4 Å². The Morgan fingerprint density at radius 3 is 2.89 bits per heavy atom. The molecule has 0 amide bonds. The van der Waals surface area contributed by atoms with E-state index < -0.39 is 0 Å². The number of aryl methyl sites for hydroxylation is 1. The zero-order valence-electron chi connectivity index (χ0n) is 16.7. The maximum absolute atomic E-state index is 5.80. The molecule has 0 bridgehead atoms. The lowest BCUT2D eigenvalue weighted by molar-refractivity contribution is 0.261. The molecule has 0 saturated carbocycles. The molecule has 7 nitrogen and oxygen atoms in total. The second kappa shape index (κ2) is 12.0. The SMILES string of the molecule is CCNC(=NCc1cccc(OCCN(C)C)c1)NCCCn1cccn1. The van der Waals surface area contributed by atoms with Crippen LogP contribution in [-0.2, 0) is 13.1 Å². The Balaban J connectivity index is 1.80. The Morgan fingerprint density at radius 1 is 1.26 bits per heavy atom. The van der Waals surface area contributed by atoms with E-state index in [-0.39, 0.29) is 0 Å². The molecule has 0 aliphatic rings. The summed E-state index contributed by atoms with van der Waals surface area (Å²) in [6, 6.07) is 10.1. The van der Waals surface area contributed by atoms with Crippen molar-refractivity contribution >= 4 is 5.96 Å². The normalized spacial score (nSPS) is 11.6. The van der Waals surface area contributed by atoms with E-state index in [9.17, 15) is 0 Å². The number of guanidine groups is 1. The van der Waals surface area contributed by atoms with Crippen LogP contribution in [0.25, 0.3) is 0 Å². The van der Waals surface area contributed by atoms with E-state index >= 15 is 0 Å². The largest absolute Gasteiger partial charge is 0.492 e. The van der Waals surface area contributed by atoms with Crippen LogP contribution in [0, 0.1) is 0 Å². The van der Waals surface area contributed by atoms with Gasteiger partial charge in [0, 0.05) is 38.6 Å². The quantitative estimate of drug-likeness (QED) is 0.359. The number of likely N-dealkylation sites (N-methyl/N-ethyl adjacent to an activating group) is 1. The summed E-state index contributed by atoms with van der Waals surface area (Å²) < 4.78 is 7.74. The maximum Gasteiger partial charge on any atom is 0.191 e. The van der Waals surface area contributed by atoms with Gasteiger partial charge in [-0.05, 0) is 51.2 Å². The average Bonchev–Trinajstić information content (AvgIpc) is 3.17. The van der Waals surface area contributed by atoms with E-state index in [4.69, 9.17) is 4.74 Å². The lowest BCUT2D eigenvalue weighted by Crippen LogP contribution is -2.38. The predicted molar refractivity (Wildman–Crippen MR) is 110 cm³/mol. The van der Waals surface area contributed by atoms with E-state index in [1.807, 2.05) is 43.2 Å². The molecule has 7 heteroatoms. The molecule has 27 heavy (non-hydrogen) atoms. The van der Waals surface area contributed by atoms with Crippen molar-refractivity contribution in [1.82, 2.24) is 25.3 Å². The van der Waals surface area contributed by atoms with Gasteiger partial charge in [0.2, 0.25) is 0 Å². The fraction of sp³-hybridized carbons (Fsp3) is 0.500. The third-order valence-corrected chi connectivity index (χ3v) is 3.89. The molecule has 2 aromatic rings. The number of hydrogen-bond donors (Lipinski definition) is 2. The number of nitrogens with one attached hydrogen (secondary N) is 2. The molecule has 148 valence electrons. The molecule has 2 N–H and O–H groups in total. The van der Waals surface area contributed by atoms with Crippen molar-refractivity contribution in [2.75, 3.05) is 40.3 Å². The fourth-order valence-corrected chi connectivity index (χ4v) is 2.47. The summed E-state index contributed by atoms with van der Waals surface area (Å²) in [4.78, 5) is 6.78. The average molecular weight is 373 g/mol. The molecule has 0 aliphatic carbocycles. The third kappa shape index (κ3) is 8.59. The lowest BCUT2D eigenvalue weighted by atomic mass is 10.2. The van der Waals surface area contributed by atoms with Gasteiger partial charge in [-0.15, -0.1) is 0 Å². The van der Waals surface area contributed by atoms with Gasteiger partial charge in [-0.3, -0.25) is 4.68 Å². The van der Waals surface area contributed by atoms with Crippen molar-refractivity contribution in [1.29, 1.82) is 0 Å². The highest BCUT2D eigenvalue weighted by molar-refractivity contribution is 5.79. The molecule has 0 atom stereocenters. The van der Waals surface area contributed by atoms with Crippen LogP contribution in [0.15, 0.2) is 47.7 Å². The summed E-state index contributed by atoms with van der Waals surface area (Å²) in [6.45, 7) is 6.83. The summed E-state index contributed by atoms with van der Waals surface area (Å²) >= 11 is 0. The minimum absolute atomic E-state index is 0.610. The number of ether oxygens (including phenoxy) is 1. The van der Waals surface area contributed by atoms with Gasteiger partial charge < -0.3 is 20.3 Å². The maximum atomic E-state index is 5.80. The van der Waals surface area contributed by atoms with E-state index in [0.29, 0.717) is 13.2 Å². The smallest absolute Gasteiger partial charge is 0.191 e. The highest BCUT2D eigenvalue weighted by Crippen LogP contribution is 2.14. The van der Waals surface area contributed by atoms with Crippen LogP contribution < -0.4 is 15.4 Å². The van der Waals surface area contributed by atoms with Gasteiger partial charge >= 0.3 is 0 Å². The number of aliphatic imine (C=N–C) groups is 1. The molecule has 1 heterocycles. The summed E-state index contributed by atoms with van der Waals surface area (Å²) in [5.41, 5.74) is 1.13. The first-order valence-electron chi connectivity index (χ1n) is 9.53. The summed E-state index contributed by atoms with van der Waals surface area (Å²) in [5, 5.41) is 10.9. The van der Waals surface area contributed by atoms with Gasteiger partial charge in [0.25, 0.3) is 0 Å². The zero-order chi connectivity index (χ0) is 19.3. The van der Waals surface area contributed by atoms with Crippen molar-refractivity contribution in [3.8, 4) is 5.75 Å². The summed E-state index contributed by atoms with van der Waals surface area (Å²) in [7, 11) is 4.08. The number of aromatic nitrogens is 2. The Labute approximate surface area is 162 Å². The second-order valence-electron chi connectivity index (χ2n) is 6.54. The third-order valence-electron chi connectivity index (χ3n) is 3.89. The van der Waals surface area contributed by atoms with Crippen LogP contribution in [0.5, 0.6) is 5.75 Å². The first kappa shape index (κ1) is 20.8. The number of nitrogens with zero attached hydrogens (tertiary/aromatic N) is 4. The molecular weight excluding hydrogens is 340 g/mol. The molecule has 0 saturated heterocycles. The highest BCUT2D eigenvalue weighted by Gasteiger charge is 2.00. The van der Waals surface area contributed by atoms with Crippen LogP contribution in [-0.4, -0.2) is 61.0 Å². The molecule has 2 rings (SSSR count). The van der Waals surface area contributed by atoms with Crippen LogP contribution in [0.2, 0.25) is 0 Å². The molecule has 0 aliphatic heterocycles. The Hall–Kier alpha value is -2.54. The molecule has 0 radical (unpaired) electrons. The van der Waals surface area contributed by atoms with E-state index in [0.717, 1.165) is 49.9 Å². The van der Waals surface area contributed by atoms with Gasteiger partial charge in [-0.2, -0.15) is 5.10 Å². The second-order valence-corrected chi connectivity index (χ2v) is 6.54. The molecular formula is C20H32N6O. The molecule has 1 aromatic heterocycles. The monoisotopic (exact) mass is 372 g/mol. The number of benzene rings is 1. The van der Waals surface area contributed by atoms with Crippen LogP contribution in [0.4, 0.5) is 0 Å². The number of hydrogen-bond acceptors (Lipinski definition) is 4. The van der Waals surface area contributed by atoms with Gasteiger partial charge in [0.05, 0.1) is 6.54 Å². The van der Waals surface area contributed by atoms with Crippen molar-refractivity contribution < 1.29 is 4.74 Å². The van der Waals surface area contributed by atoms with Crippen molar-refractivity contribution in [3.05, 3.63) is 48.3 Å². The molecule has 0 fully saturated rings. The van der Waals surface area contributed by atoms with E-state index in [2.05, 4.69) is 44.7 Å². The Kier molecular flexibility index (Phi) is 9.20. The molecule has 1 aromatic carbocycles. The van der Waals surface area contributed by atoms with Crippen molar-refractivity contribution in [2.24, 2.45) is 4.99 Å². The van der Waals surface area contributed by atoms with Gasteiger partial charge in [-0.1, -0.05) is 12.1 Å². The van der Waals surface area contributed by atoms with Crippen LogP contribution in [0.1, 0.15) is 18.9 Å². The van der Waals surface area contributed by atoms with Crippen LogP contribution in [0.3, 0.4) is 0 Å². The van der Waals surface area contributed by atoms with E-state index in [1.54, 1.807) is 6.20 Å². The van der Waals surface area contributed by atoms with Crippen molar-refractivity contribution in [3.63, 3.8) is 0 Å². The topological polar surface area (TPSA) is 66.7 Å². The minimum Gasteiger partial charge on any atom is -0.492 e. The predicted octanol–water partition coefficient (Wildman–Crippen LogP) is 1.97. The summed E-state index contributed by atoms with van der Waals surface area (Å²) in [5.74, 6) is 1.72. The number of rotatable bonds is 11.